The first-order chi connectivity index (χ1) is 15.9. The number of benzene rings is 3. The van der Waals surface area contributed by atoms with E-state index in [4.69, 9.17) is 25.5 Å². The number of halogens is 2. The molecule has 0 amide bonds. The molecule has 0 saturated carbocycles. The van der Waals surface area contributed by atoms with Gasteiger partial charge in [0.15, 0.2) is 0 Å². The highest BCUT2D eigenvalue weighted by Crippen LogP contribution is 2.28. The number of ether oxygens (including phenoxy) is 3. The molecule has 4 rings (SSSR count). The molecule has 1 heterocycles. The van der Waals surface area contributed by atoms with Crippen LogP contribution < -0.4 is 14.9 Å². The van der Waals surface area contributed by atoms with Gasteiger partial charge in [0.05, 0.1) is 23.1 Å². The number of carbonyl (C=O) groups is 1. The minimum Gasteiger partial charge on any atom is -0.489 e. The molecule has 0 saturated heterocycles. The Kier molecular flexibility index (Phi) is 6.33. The molecule has 0 N–H and O–H groups in total. The van der Waals surface area contributed by atoms with Crippen LogP contribution >= 0.6 is 11.6 Å². The van der Waals surface area contributed by atoms with E-state index in [0.717, 1.165) is 0 Å². The third-order valence-electron chi connectivity index (χ3n) is 4.93. The predicted octanol–water partition coefficient (Wildman–Crippen LogP) is 6.05. The van der Waals surface area contributed by atoms with E-state index in [0.29, 0.717) is 22.6 Å². The Morgan fingerprint density at radius 2 is 1.79 bits per heavy atom. The zero-order valence-corrected chi connectivity index (χ0v) is 18.4. The lowest BCUT2D eigenvalue weighted by atomic mass is 10.2. The predicted molar refractivity (Wildman–Crippen MR) is 121 cm³/mol. The summed E-state index contributed by atoms with van der Waals surface area (Å²) in [5.41, 5.74) is 0.521. The Balaban J connectivity index is 1.58. The highest BCUT2D eigenvalue weighted by atomic mass is 35.5. The van der Waals surface area contributed by atoms with E-state index in [1.807, 2.05) is 0 Å². The number of hydrogen-bond donors (Lipinski definition) is 0. The second-order valence-corrected chi connectivity index (χ2v) is 7.49. The van der Waals surface area contributed by atoms with Gasteiger partial charge in [-0.05, 0) is 55.5 Å². The zero-order valence-electron chi connectivity index (χ0n) is 17.7. The van der Waals surface area contributed by atoms with Gasteiger partial charge in [0.25, 0.3) is 0 Å². The van der Waals surface area contributed by atoms with E-state index < -0.39 is 11.8 Å². The minimum atomic E-state index is -0.474. The molecule has 3 aromatic carbocycles. The van der Waals surface area contributed by atoms with Crippen LogP contribution in [0.1, 0.15) is 21.7 Å². The van der Waals surface area contributed by atoms with Crippen molar-refractivity contribution >= 4 is 28.5 Å². The van der Waals surface area contributed by atoms with Crippen LogP contribution in [-0.2, 0) is 11.3 Å². The average Bonchev–Trinajstić information content (AvgIpc) is 2.81. The summed E-state index contributed by atoms with van der Waals surface area (Å²) in [6.07, 6.45) is 0. The number of fused-ring (bicyclic) bond motifs is 1. The molecule has 0 radical (unpaired) electrons. The van der Waals surface area contributed by atoms with Crippen LogP contribution in [0.3, 0.4) is 0 Å². The third kappa shape index (κ3) is 4.68. The summed E-state index contributed by atoms with van der Waals surface area (Å²) < 4.78 is 35.8. The van der Waals surface area contributed by atoms with E-state index in [2.05, 4.69) is 4.74 Å². The molecule has 0 bridgehead atoms. The maximum atomic E-state index is 14.0. The second-order valence-electron chi connectivity index (χ2n) is 7.08. The second kappa shape index (κ2) is 9.34. The Labute approximate surface area is 193 Å². The number of hydrogen-bond acceptors (Lipinski definition) is 6. The van der Waals surface area contributed by atoms with Crippen molar-refractivity contribution in [1.82, 2.24) is 0 Å². The van der Waals surface area contributed by atoms with Gasteiger partial charge in [-0.15, -0.1) is 0 Å². The fraction of sp³-hybridized carbons (Fsp3) is 0.120. The Hall–Kier alpha value is -3.84. The monoisotopic (exact) mass is 468 g/mol. The fourth-order valence-electron chi connectivity index (χ4n) is 3.20. The lowest BCUT2D eigenvalue weighted by Crippen LogP contribution is -2.08. The van der Waals surface area contributed by atoms with Gasteiger partial charge in [0.2, 0.25) is 11.2 Å². The van der Waals surface area contributed by atoms with Gasteiger partial charge in [-0.25, -0.2) is 9.18 Å². The number of rotatable bonds is 6. The van der Waals surface area contributed by atoms with Crippen LogP contribution in [0, 0.1) is 12.7 Å². The van der Waals surface area contributed by atoms with Crippen LogP contribution in [0.25, 0.3) is 11.0 Å². The van der Waals surface area contributed by atoms with Gasteiger partial charge in [-0.2, -0.15) is 0 Å². The summed E-state index contributed by atoms with van der Waals surface area (Å²) in [5.74, 6) is 0.0971. The molecular formula is C25H18ClFO6. The molecule has 0 aliphatic heterocycles. The van der Waals surface area contributed by atoms with Crippen molar-refractivity contribution in [2.75, 3.05) is 7.11 Å². The molecule has 0 aliphatic rings. The summed E-state index contributed by atoms with van der Waals surface area (Å²) in [5, 5.41) is 0.553. The molecule has 33 heavy (non-hydrogen) atoms. The number of methoxy groups -OCH3 is 1. The summed E-state index contributed by atoms with van der Waals surface area (Å²) in [7, 11) is 1.29. The van der Waals surface area contributed by atoms with Crippen LogP contribution in [0.15, 0.2) is 69.9 Å². The van der Waals surface area contributed by atoms with Crippen molar-refractivity contribution in [3.8, 4) is 17.2 Å². The van der Waals surface area contributed by atoms with Crippen LogP contribution in [-0.4, -0.2) is 13.1 Å². The van der Waals surface area contributed by atoms with E-state index in [9.17, 15) is 14.0 Å². The third-order valence-corrected chi connectivity index (χ3v) is 5.28. The molecule has 1 aromatic heterocycles. The van der Waals surface area contributed by atoms with Gasteiger partial charge in [-0.1, -0.05) is 17.7 Å². The van der Waals surface area contributed by atoms with Crippen LogP contribution in [0.4, 0.5) is 4.39 Å². The lowest BCUT2D eigenvalue weighted by Gasteiger charge is -2.11. The molecule has 0 spiro atoms. The van der Waals surface area contributed by atoms with E-state index in [1.54, 1.807) is 43.3 Å². The average molecular weight is 469 g/mol. The normalized spacial score (nSPS) is 10.8. The van der Waals surface area contributed by atoms with Gasteiger partial charge in [0.1, 0.15) is 35.3 Å². The summed E-state index contributed by atoms with van der Waals surface area (Å²) in [4.78, 5) is 24.6. The van der Waals surface area contributed by atoms with Crippen LogP contribution in [0.2, 0.25) is 5.02 Å². The summed E-state index contributed by atoms with van der Waals surface area (Å²) in [6.45, 7) is 1.52. The highest BCUT2D eigenvalue weighted by Gasteiger charge is 2.16. The largest absolute Gasteiger partial charge is 0.489 e. The number of esters is 1. The number of aryl methyl sites for hydroxylation is 1. The maximum Gasteiger partial charge on any atom is 0.337 e. The highest BCUT2D eigenvalue weighted by molar-refractivity contribution is 6.31. The molecule has 0 unspecified atom stereocenters. The first-order valence-electron chi connectivity index (χ1n) is 9.86. The molecule has 168 valence electrons. The smallest absolute Gasteiger partial charge is 0.337 e. The van der Waals surface area contributed by atoms with Crippen molar-refractivity contribution in [1.29, 1.82) is 0 Å². The van der Waals surface area contributed by atoms with E-state index >= 15 is 0 Å². The van der Waals surface area contributed by atoms with E-state index in [1.165, 1.54) is 31.4 Å². The van der Waals surface area contributed by atoms with Gasteiger partial charge < -0.3 is 18.6 Å². The van der Waals surface area contributed by atoms with E-state index in [-0.39, 0.29) is 39.5 Å². The molecule has 6 nitrogen and oxygen atoms in total. The molecule has 4 aromatic rings. The van der Waals surface area contributed by atoms with Gasteiger partial charge in [0, 0.05) is 11.6 Å². The minimum absolute atomic E-state index is 0.0279. The van der Waals surface area contributed by atoms with Crippen molar-refractivity contribution in [2.45, 2.75) is 13.5 Å². The quantitative estimate of drug-likeness (QED) is 0.320. The first kappa shape index (κ1) is 22.4. The Morgan fingerprint density at radius 3 is 2.48 bits per heavy atom. The Bertz CT molecular complexity index is 1370. The summed E-state index contributed by atoms with van der Waals surface area (Å²) >= 11 is 6.03. The summed E-state index contributed by atoms with van der Waals surface area (Å²) in [6, 6.07) is 15.3. The lowest BCUT2D eigenvalue weighted by molar-refractivity contribution is 0.0600. The fourth-order valence-corrected chi connectivity index (χ4v) is 3.41. The van der Waals surface area contributed by atoms with Gasteiger partial charge >= 0.3 is 5.97 Å². The number of carbonyl (C=O) groups excluding carboxylic acids is 1. The first-order valence-corrected chi connectivity index (χ1v) is 10.2. The molecule has 8 heteroatoms. The molecule has 0 atom stereocenters. The topological polar surface area (TPSA) is 75.0 Å². The maximum absolute atomic E-state index is 14.0. The SMILES string of the molecule is COC(=O)c1ccc(Oc2c(C)oc3cc(OCc4c(F)cccc4Cl)ccc3c2=O)cc1. The van der Waals surface area contributed by atoms with Crippen LogP contribution in [0.5, 0.6) is 17.2 Å². The van der Waals surface area contributed by atoms with Gasteiger partial charge in [-0.3, -0.25) is 4.79 Å². The van der Waals surface area contributed by atoms with Crippen molar-refractivity contribution in [3.63, 3.8) is 0 Å². The Morgan fingerprint density at radius 1 is 1.06 bits per heavy atom. The standard InChI is InChI=1S/C25H18ClFO6/c1-14-24(33-16-8-6-15(7-9-16)25(29)30-2)23(28)18-11-10-17(12-22(18)32-14)31-13-19-20(26)4-3-5-21(19)27/h3-12H,13H2,1-2H3. The molecular weight excluding hydrogens is 451 g/mol. The zero-order chi connectivity index (χ0) is 23.5. The van der Waals surface area contributed by atoms with Crippen molar-refractivity contribution in [2.24, 2.45) is 0 Å². The molecule has 0 fully saturated rings. The van der Waals surface area contributed by atoms with Crippen molar-refractivity contribution < 1.29 is 27.8 Å². The molecule has 0 aliphatic carbocycles. The van der Waals surface area contributed by atoms with Crippen molar-refractivity contribution in [3.05, 3.63) is 98.6 Å².